The zero-order valence-corrected chi connectivity index (χ0v) is 20.3. The van der Waals surface area contributed by atoms with Gasteiger partial charge in [-0.3, -0.25) is 4.79 Å². The van der Waals surface area contributed by atoms with Gasteiger partial charge in [-0.2, -0.15) is 4.98 Å². The van der Waals surface area contributed by atoms with Crippen LogP contribution < -0.4 is 5.56 Å². The summed E-state index contributed by atoms with van der Waals surface area (Å²) in [7, 11) is 0. The summed E-state index contributed by atoms with van der Waals surface area (Å²) in [5.74, 6) is 1.40. The average Bonchev–Trinajstić information content (AvgIpc) is 3.26. The lowest BCUT2D eigenvalue weighted by Gasteiger charge is -2.04. The zero-order chi connectivity index (χ0) is 23.6. The van der Waals surface area contributed by atoms with E-state index in [-0.39, 0.29) is 5.56 Å². The summed E-state index contributed by atoms with van der Waals surface area (Å²) in [6.45, 7) is 2.26. The molecule has 2 aromatic heterocycles. The number of fused-ring (bicyclic) bond motifs is 1. The summed E-state index contributed by atoms with van der Waals surface area (Å²) in [5, 5.41) is 0.525. The van der Waals surface area contributed by atoms with Crippen LogP contribution in [0.4, 0.5) is 0 Å². The maximum Gasteiger partial charge on any atom is 0.262 e. The smallest absolute Gasteiger partial charge is 0.262 e. The molecule has 4 aromatic rings. The Kier molecular flexibility index (Phi) is 8.72. The number of aromatic amines is 1. The van der Waals surface area contributed by atoms with E-state index in [1.807, 2.05) is 60.7 Å². The Balaban J connectivity index is 1.46. The van der Waals surface area contributed by atoms with Gasteiger partial charge in [-0.25, -0.2) is 0 Å². The molecule has 0 aliphatic rings. The van der Waals surface area contributed by atoms with E-state index in [1.165, 1.54) is 57.8 Å². The first-order valence-electron chi connectivity index (χ1n) is 12.9. The van der Waals surface area contributed by atoms with Crippen LogP contribution in [-0.4, -0.2) is 9.97 Å². The van der Waals surface area contributed by atoms with E-state index in [1.54, 1.807) is 0 Å². The summed E-state index contributed by atoms with van der Waals surface area (Å²) in [6.07, 6.45) is 13.6. The molecule has 0 spiro atoms. The molecule has 1 N–H and O–H groups in total. The van der Waals surface area contributed by atoms with Crippen LogP contribution in [0.5, 0.6) is 0 Å². The Hall–Kier alpha value is -3.14. The van der Waals surface area contributed by atoms with Crippen molar-refractivity contribution in [1.29, 1.82) is 0 Å². The van der Waals surface area contributed by atoms with Crippen molar-refractivity contribution >= 4 is 11.1 Å². The lowest BCUT2D eigenvalue weighted by molar-refractivity contribution is 0.553. The zero-order valence-electron chi connectivity index (χ0n) is 20.3. The third kappa shape index (κ3) is 6.05. The Labute approximate surface area is 202 Å². The van der Waals surface area contributed by atoms with Gasteiger partial charge in [0.25, 0.3) is 5.56 Å². The van der Waals surface area contributed by atoms with E-state index < -0.39 is 0 Å². The van der Waals surface area contributed by atoms with Gasteiger partial charge in [0, 0.05) is 17.5 Å². The van der Waals surface area contributed by atoms with E-state index in [2.05, 4.69) is 11.9 Å². The van der Waals surface area contributed by atoms with Crippen LogP contribution in [0.3, 0.4) is 0 Å². The fourth-order valence-electron chi connectivity index (χ4n) is 4.62. The van der Waals surface area contributed by atoms with Crippen molar-refractivity contribution in [3.63, 3.8) is 0 Å². The fourth-order valence-corrected chi connectivity index (χ4v) is 4.62. The minimum Gasteiger partial charge on any atom is -0.437 e. The minimum atomic E-state index is -0.128. The van der Waals surface area contributed by atoms with E-state index in [9.17, 15) is 4.79 Å². The summed E-state index contributed by atoms with van der Waals surface area (Å²) in [6, 6.07) is 19.9. The SMILES string of the molecule is CCCCCCCCCCCCc1nc2oc(-c3ccccc3)c(-c3ccccc3)c2c(=O)[nH]1. The maximum absolute atomic E-state index is 13.2. The number of H-pyrrole nitrogens is 1. The number of furan rings is 1. The predicted molar refractivity (Wildman–Crippen MR) is 141 cm³/mol. The van der Waals surface area contributed by atoms with Gasteiger partial charge in [-0.1, -0.05) is 125 Å². The van der Waals surface area contributed by atoms with Crippen LogP contribution in [0.1, 0.15) is 77.0 Å². The highest BCUT2D eigenvalue weighted by Crippen LogP contribution is 2.38. The van der Waals surface area contributed by atoms with Crippen molar-refractivity contribution in [1.82, 2.24) is 9.97 Å². The van der Waals surface area contributed by atoms with Crippen molar-refractivity contribution < 1.29 is 4.42 Å². The molecule has 0 radical (unpaired) electrons. The van der Waals surface area contributed by atoms with E-state index in [4.69, 9.17) is 9.40 Å². The van der Waals surface area contributed by atoms with Crippen LogP contribution in [0.2, 0.25) is 0 Å². The van der Waals surface area contributed by atoms with Gasteiger partial charge < -0.3 is 9.40 Å². The summed E-state index contributed by atoms with van der Waals surface area (Å²) in [5.41, 5.74) is 2.99. The van der Waals surface area contributed by atoms with Crippen LogP contribution in [0.15, 0.2) is 69.9 Å². The summed E-state index contributed by atoms with van der Waals surface area (Å²) in [4.78, 5) is 20.9. The van der Waals surface area contributed by atoms with Crippen molar-refractivity contribution in [3.8, 4) is 22.5 Å². The average molecular weight is 457 g/mol. The number of rotatable bonds is 13. The van der Waals surface area contributed by atoms with Gasteiger partial charge in [0.15, 0.2) is 0 Å². The molecule has 0 saturated carbocycles. The normalized spacial score (nSPS) is 11.3. The molecule has 2 aromatic carbocycles. The Morgan fingerprint density at radius 3 is 1.91 bits per heavy atom. The first-order chi connectivity index (χ1) is 16.8. The van der Waals surface area contributed by atoms with Crippen molar-refractivity contribution in [3.05, 3.63) is 76.8 Å². The number of benzene rings is 2. The molecule has 0 atom stereocenters. The summed E-state index contributed by atoms with van der Waals surface area (Å²) >= 11 is 0. The monoisotopic (exact) mass is 456 g/mol. The Bertz CT molecular complexity index is 1210. The second-order valence-electron chi connectivity index (χ2n) is 9.16. The van der Waals surface area contributed by atoms with Crippen molar-refractivity contribution in [2.45, 2.75) is 77.6 Å². The quantitative estimate of drug-likeness (QED) is 0.206. The van der Waals surface area contributed by atoms with Gasteiger partial charge in [-0.05, 0) is 12.0 Å². The van der Waals surface area contributed by atoms with Crippen molar-refractivity contribution in [2.24, 2.45) is 0 Å². The second-order valence-corrected chi connectivity index (χ2v) is 9.16. The first-order valence-corrected chi connectivity index (χ1v) is 12.9. The van der Waals surface area contributed by atoms with Crippen LogP contribution in [0, 0.1) is 0 Å². The van der Waals surface area contributed by atoms with Gasteiger partial charge in [0.05, 0.1) is 0 Å². The van der Waals surface area contributed by atoms with Gasteiger partial charge in [0.2, 0.25) is 5.71 Å². The molecule has 0 amide bonds. The molecule has 2 heterocycles. The fraction of sp³-hybridized carbons (Fsp3) is 0.400. The molecule has 0 aliphatic carbocycles. The maximum atomic E-state index is 13.2. The van der Waals surface area contributed by atoms with Gasteiger partial charge >= 0.3 is 0 Å². The molecular formula is C30H36N2O2. The standard InChI is InChI=1S/C30H36N2O2/c1-2-3-4-5-6-7-8-9-10-17-22-25-31-29(33)27-26(23-18-13-11-14-19-23)28(34-30(27)32-25)24-20-15-12-16-21-24/h11-16,18-21H,2-10,17,22H2,1H3,(H,31,32,33). The third-order valence-corrected chi connectivity index (χ3v) is 6.48. The Morgan fingerprint density at radius 2 is 1.29 bits per heavy atom. The van der Waals surface area contributed by atoms with Crippen LogP contribution in [-0.2, 0) is 6.42 Å². The van der Waals surface area contributed by atoms with Gasteiger partial charge in [-0.15, -0.1) is 0 Å². The first kappa shape index (κ1) is 24.0. The van der Waals surface area contributed by atoms with Crippen LogP contribution in [0.25, 0.3) is 33.6 Å². The third-order valence-electron chi connectivity index (χ3n) is 6.48. The number of hydrogen-bond acceptors (Lipinski definition) is 3. The number of aromatic nitrogens is 2. The molecule has 0 aliphatic heterocycles. The number of hydrogen-bond donors (Lipinski definition) is 1. The van der Waals surface area contributed by atoms with Gasteiger partial charge in [0.1, 0.15) is 17.0 Å². The number of nitrogens with zero attached hydrogens (tertiary/aromatic N) is 1. The highest BCUT2D eigenvalue weighted by atomic mass is 16.3. The number of unbranched alkanes of at least 4 members (excludes halogenated alkanes) is 9. The lowest BCUT2D eigenvalue weighted by atomic mass is 10.00. The summed E-state index contributed by atoms with van der Waals surface area (Å²) < 4.78 is 6.23. The number of nitrogens with one attached hydrogen (secondary N) is 1. The van der Waals surface area contributed by atoms with E-state index in [0.717, 1.165) is 29.5 Å². The molecular weight excluding hydrogens is 420 g/mol. The highest BCUT2D eigenvalue weighted by Gasteiger charge is 2.21. The molecule has 0 fully saturated rings. The second kappa shape index (κ2) is 12.4. The molecule has 0 saturated heterocycles. The molecule has 178 valence electrons. The minimum absolute atomic E-state index is 0.128. The molecule has 4 nitrogen and oxygen atoms in total. The largest absolute Gasteiger partial charge is 0.437 e. The molecule has 0 bridgehead atoms. The Morgan fingerprint density at radius 1 is 0.735 bits per heavy atom. The topological polar surface area (TPSA) is 58.9 Å². The predicted octanol–water partition coefficient (Wildman–Crippen LogP) is 8.31. The molecule has 4 rings (SSSR count). The number of aryl methyl sites for hydroxylation is 1. The highest BCUT2D eigenvalue weighted by molar-refractivity contribution is 5.99. The van der Waals surface area contributed by atoms with Crippen LogP contribution >= 0.6 is 0 Å². The van der Waals surface area contributed by atoms with E-state index in [0.29, 0.717) is 22.7 Å². The molecule has 34 heavy (non-hydrogen) atoms. The van der Waals surface area contributed by atoms with Crippen molar-refractivity contribution in [2.75, 3.05) is 0 Å². The van der Waals surface area contributed by atoms with E-state index >= 15 is 0 Å². The molecule has 4 heteroatoms. The lowest BCUT2D eigenvalue weighted by Crippen LogP contribution is -2.11. The molecule has 0 unspecified atom stereocenters.